The van der Waals surface area contributed by atoms with E-state index in [0.717, 1.165) is 78.3 Å². The molecule has 0 radical (unpaired) electrons. The molecule has 0 spiro atoms. The predicted molar refractivity (Wildman–Crippen MR) is 151 cm³/mol. The summed E-state index contributed by atoms with van der Waals surface area (Å²) < 4.78 is 17.1. The maximum atomic E-state index is 13.3. The fourth-order valence-corrected chi connectivity index (χ4v) is 5.85. The number of thiazole rings is 1. The average Bonchev–Trinajstić information content (AvgIpc) is 3.32. The number of nitrogens with zero attached hydrogens (tertiary/aromatic N) is 3. The van der Waals surface area contributed by atoms with Crippen LogP contribution in [0.2, 0.25) is 0 Å². The van der Waals surface area contributed by atoms with Crippen LogP contribution in [-0.4, -0.2) is 75.2 Å². The van der Waals surface area contributed by atoms with Crippen LogP contribution in [-0.2, 0) is 9.53 Å². The molecular formula is C26H34ClN3O4S2. The standard InChI is InChI=1S/C26H33N3O4S2.ClH/c1-31-20-6-9-22(10-7-20)34-18-3-5-25(30)29(13-4-12-28-14-16-33-17-15-28)26-27-23-11-8-21(32-2)19-24(23)35-26;/h6-11,19H,3-5,12-18H2,1-2H3;1H. The van der Waals surface area contributed by atoms with Gasteiger partial charge in [-0.1, -0.05) is 11.3 Å². The molecule has 196 valence electrons. The van der Waals surface area contributed by atoms with Crippen LogP contribution < -0.4 is 14.4 Å². The van der Waals surface area contributed by atoms with Gasteiger partial charge in [-0.15, -0.1) is 24.2 Å². The molecule has 4 rings (SSSR count). The van der Waals surface area contributed by atoms with Crippen molar-refractivity contribution >= 4 is 56.8 Å². The zero-order valence-electron chi connectivity index (χ0n) is 20.8. The zero-order chi connectivity index (χ0) is 24.5. The van der Waals surface area contributed by atoms with Crippen LogP contribution in [0.1, 0.15) is 19.3 Å². The molecule has 0 aliphatic carbocycles. The molecule has 0 N–H and O–H groups in total. The molecule has 7 nitrogen and oxygen atoms in total. The van der Waals surface area contributed by atoms with Crippen LogP contribution in [0.25, 0.3) is 10.2 Å². The Morgan fingerprint density at radius 3 is 2.53 bits per heavy atom. The minimum absolute atomic E-state index is 0. The number of amides is 1. The number of hydrogen-bond donors (Lipinski definition) is 0. The number of thioether (sulfide) groups is 1. The van der Waals surface area contributed by atoms with Gasteiger partial charge >= 0.3 is 0 Å². The van der Waals surface area contributed by atoms with E-state index >= 15 is 0 Å². The van der Waals surface area contributed by atoms with Crippen molar-refractivity contribution in [3.8, 4) is 11.5 Å². The van der Waals surface area contributed by atoms with Gasteiger partial charge in [0, 0.05) is 37.5 Å². The Morgan fingerprint density at radius 1 is 1.08 bits per heavy atom. The number of carbonyl (C=O) groups is 1. The first-order valence-corrected chi connectivity index (χ1v) is 13.8. The van der Waals surface area contributed by atoms with E-state index in [1.54, 1.807) is 37.3 Å². The molecule has 0 bridgehead atoms. The number of fused-ring (bicyclic) bond motifs is 1. The predicted octanol–water partition coefficient (Wildman–Crippen LogP) is 5.36. The summed E-state index contributed by atoms with van der Waals surface area (Å²) in [6.07, 6.45) is 2.22. The Labute approximate surface area is 227 Å². The van der Waals surface area contributed by atoms with Crippen LogP contribution in [0, 0.1) is 0 Å². The molecule has 2 aromatic carbocycles. The Bertz CT molecular complexity index is 1090. The molecular weight excluding hydrogens is 518 g/mol. The van der Waals surface area contributed by atoms with Crippen molar-refractivity contribution in [1.82, 2.24) is 9.88 Å². The van der Waals surface area contributed by atoms with Gasteiger partial charge in [0.05, 0.1) is 37.6 Å². The largest absolute Gasteiger partial charge is 0.497 e. The van der Waals surface area contributed by atoms with E-state index in [2.05, 4.69) is 17.0 Å². The summed E-state index contributed by atoms with van der Waals surface area (Å²) in [7, 11) is 3.33. The van der Waals surface area contributed by atoms with Crippen LogP contribution in [0.5, 0.6) is 11.5 Å². The van der Waals surface area contributed by atoms with Crippen molar-refractivity contribution in [3.05, 3.63) is 42.5 Å². The number of benzene rings is 2. The maximum absolute atomic E-state index is 13.3. The first-order valence-electron chi connectivity index (χ1n) is 12.0. The van der Waals surface area contributed by atoms with E-state index in [0.29, 0.717) is 13.0 Å². The molecule has 2 heterocycles. The third-order valence-electron chi connectivity index (χ3n) is 5.94. The number of hydrogen-bond acceptors (Lipinski definition) is 8. The lowest BCUT2D eigenvalue weighted by Gasteiger charge is -2.27. The molecule has 0 unspecified atom stereocenters. The molecule has 1 fully saturated rings. The van der Waals surface area contributed by atoms with E-state index in [1.807, 2.05) is 35.2 Å². The summed E-state index contributed by atoms with van der Waals surface area (Å²) in [5.74, 6) is 2.67. The zero-order valence-corrected chi connectivity index (χ0v) is 23.3. The third kappa shape index (κ3) is 7.98. The number of halogens is 1. The van der Waals surface area contributed by atoms with Gasteiger partial charge in [0.25, 0.3) is 0 Å². The fraction of sp³-hybridized carbons (Fsp3) is 0.462. The average molecular weight is 552 g/mol. The van der Waals surface area contributed by atoms with Gasteiger partial charge in [-0.3, -0.25) is 14.6 Å². The SMILES string of the molecule is COc1ccc(SCCCC(=O)N(CCCN2CCOCC2)c2nc3ccc(OC)cc3s2)cc1.Cl. The number of morpholine rings is 1. The molecule has 1 amide bonds. The van der Waals surface area contributed by atoms with Gasteiger partial charge in [-0.2, -0.15) is 0 Å². The molecule has 36 heavy (non-hydrogen) atoms. The lowest BCUT2D eigenvalue weighted by atomic mass is 10.2. The number of ether oxygens (including phenoxy) is 3. The first-order chi connectivity index (χ1) is 17.2. The second kappa shape index (κ2) is 14.6. The monoisotopic (exact) mass is 551 g/mol. The number of rotatable bonds is 12. The number of carbonyl (C=O) groups excluding carboxylic acids is 1. The first kappa shape index (κ1) is 28.5. The van der Waals surface area contributed by atoms with Crippen LogP contribution in [0.15, 0.2) is 47.4 Å². The van der Waals surface area contributed by atoms with Crippen LogP contribution in [0.4, 0.5) is 5.13 Å². The second-order valence-corrected chi connectivity index (χ2v) is 10.5. The van der Waals surface area contributed by atoms with E-state index in [1.165, 1.54) is 4.90 Å². The van der Waals surface area contributed by atoms with E-state index in [4.69, 9.17) is 19.2 Å². The summed E-state index contributed by atoms with van der Waals surface area (Å²) >= 11 is 3.31. The Morgan fingerprint density at radius 2 is 1.81 bits per heavy atom. The summed E-state index contributed by atoms with van der Waals surface area (Å²) in [5.41, 5.74) is 0.895. The highest BCUT2D eigenvalue weighted by atomic mass is 35.5. The fourth-order valence-electron chi connectivity index (χ4n) is 3.96. The Hall–Kier alpha value is -2.04. The molecule has 1 aliphatic rings. The summed E-state index contributed by atoms with van der Waals surface area (Å²) in [5, 5.41) is 0.767. The smallest absolute Gasteiger partial charge is 0.228 e. The lowest BCUT2D eigenvalue weighted by Crippen LogP contribution is -2.39. The number of aromatic nitrogens is 1. The Kier molecular flexibility index (Phi) is 11.6. The van der Waals surface area contributed by atoms with Gasteiger partial charge in [-0.05, 0) is 61.1 Å². The van der Waals surface area contributed by atoms with Crippen molar-refractivity contribution in [1.29, 1.82) is 0 Å². The van der Waals surface area contributed by atoms with Crippen molar-refractivity contribution in [3.63, 3.8) is 0 Å². The minimum Gasteiger partial charge on any atom is -0.497 e. The molecule has 0 saturated carbocycles. The van der Waals surface area contributed by atoms with E-state index < -0.39 is 0 Å². The van der Waals surface area contributed by atoms with Gasteiger partial charge in [0.2, 0.25) is 5.91 Å². The molecule has 3 aromatic rings. The van der Waals surface area contributed by atoms with E-state index in [9.17, 15) is 4.79 Å². The van der Waals surface area contributed by atoms with Crippen LogP contribution >= 0.6 is 35.5 Å². The third-order valence-corrected chi connectivity index (χ3v) is 8.08. The number of anilines is 1. The Balaban J connectivity index is 0.00000361. The van der Waals surface area contributed by atoms with Crippen molar-refractivity contribution in [2.45, 2.75) is 24.2 Å². The van der Waals surface area contributed by atoms with E-state index in [-0.39, 0.29) is 18.3 Å². The minimum atomic E-state index is 0. The summed E-state index contributed by atoms with van der Waals surface area (Å²) in [6, 6.07) is 13.9. The quantitative estimate of drug-likeness (QED) is 0.222. The van der Waals surface area contributed by atoms with Crippen molar-refractivity contribution in [2.24, 2.45) is 0 Å². The molecule has 1 aliphatic heterocycles. The van der Waals surface area contributed by atoms with Crippen molar-refractivity contribution < 1.29 is 19.0 Å². The molecule has 1 aromatic heterocycles. The van der Waals surface area contributed by atoms with Gasteiger partial charge in [-0.25, -0.2) is 4.98 Å². The second-order valence-electron chi connectivity index (χ2n) is 8.31. The highest BCUT2D eigenvalue weighted by Crippen LogP contribution is 2.32. The molecule has 10 heteroatoms. The van der Waals surface area contributed by atoms with Gasteiger partial charge in [0.1, 0.15) is 11.5 Å². The highest BCUT2D eigenvalue weighted by molar-refractivity contribution is 7.99. The highest BCUT2D eigenvalue weighted by Gasteiger charge is 2.20. The lowest BCUT2D eigenvalue weighted by molar-refractivity contribution is -0.118. The maximum Gasteiger partial charge on any atom is 0.228 e. The van der Waals surface area contributed by atoms with Gasteiger partial charge in [0.15, 0.2) is 5.13 Å². The molecule has 1 saturated heterocycles. The number of methoxy groups -OCH3 is 2. The summed E-state index contributed by atoms with van der Waals surface area (Å²) in [6.45, 7) is 5.11. The normalized spacial score (nSPS) is 13.8. The topological polar surface area (TPSA) is 64.1 Å². The summed E-state index contributed by atoms with van der Waals surface area (Å²) in [4.78, 5) is 23.6. The van der Waals surface area contributed by atoms with Gasteiger partial charge < -0.3 is 14.2 Å². The molecule has 0 atom stereocenters. The van der Waals surface area contributed by atoms with Crippen LogP contribution in [0.3, 0.4) is 0 Å². The van der Waals surface area contributed by atoms with Crippen molar-refractivity contribution in [2.75, 3.05) is 64.3 Å².